The first-order valence-electron chi connectivity index (χ1n) is 7.14. The van der Waals surface area contributed by atoms with Crippen LogP contribution in [0.5, 0.6) is 0 Å². The number of ether oxygens (including phenoxy) is 2. The fourth-order valence-corrected chi connectivity index (χ4v) is 1.68. The molecule has 1 atom stereocenters. The van der Waals surface area contributed by atoms with E-state index in [0.717, 1.165) is 5.56 Å². The summed E-state index contributed by atoms with van der Waals surface area (Å²) < 4.78 is 10.6. The molecule has 2 N–H and O–H groups in total. The summed E-state index contributed by atoms with van der Waals surface area (Å²) in [4.78, 5) is 23.5. The summed E-state index contributed by atoms with van der Waals surface area (Å²) in [5.74, 6) is -0.334. The lowest BCUT2D eigenvalue weighted by Gasteiger charge is -2.23. The van der Waals surface area contributed by atoms with Gasteiger partial charge in [0, 0.05) is 7.05 Å². The minimum atomic E-state index is -0.802. The van der Waals surface area contributed by atoms with Gasteiger partial charge >= 0.3 is 6.09 Å². The van der Waals surface area contributed by atoms with E-state index < -0.39 is 17.7 Å². The van der Waals surface area contributed by atoms with Crippen molar-refractivity contribution in [2.75, 3.05) is 13.7 Å². The molecular formula is C16H24N2O4. The van der Waals surface area contributed by atoms with Gasteiger partial charge < -0.3 is 20.1 Å². The van der Waals surface area contributed by atoms with Crippen LogP contribution in [0, 0.1) is 0 Å². The molecular weight excluding hydrogens is 284 g/mol. The third-order valence-corrected chi connectivity index (χ3v) is 2.65. The quantitative estimate of drug-likeness (QED) is 0.841. The zero-order chi connectivity index (χ0) is 16.6. The highest BCUT2D eigenvalue weighted by Gasteiger charge is 2.23. The van der Waals surface area contributed by atoms with Crippen LogP contribution in [-0.2, 0) is 20.9 Å². The fraction of sp³-hybridized carbons (Fsp3) is 0.500. The van der Waals surface area contributed by atoms with Crippen LogP contribution >= 0.6 is 0 Å². The molecule has 2 amide bonds. The largest absolute Gasteiger partial charge is 0.444 e. The smallest absolute Gasteiger partial charge is 0.408 e. The number of amides is 2. The van der Waals surface area contributed by atoms with Crippen molar-refractivity contribution >= 4 is 12.0 Å². The standard InChI is InChI=1S/C16H24N2O4/c1-16(2,3)22-15(20)18-13(14(19)17-4)11-21-10-12-8-6-5-7-9-12/h5-9,13H,10-11H2,1-4H3,(H,17,19)(H,18,20). The molecule has 22 heavy (non-hydrogen) atoms. The molecule has 0 saturated heterocycles. The molecule has 0 aliphatic carbocycles. The van der Waals surface area contributed by atoms with Crippen molar-refractivity contribution in [2.45, 2.75) is 39.0 Å². The number of carbonyl (C=O) groups excluding carboxylic acids is 2. The summed E-state index contributed by atoms with van der Waals surface area (Å²) >= 11 is 0. The van der Waals surface area contributed by atoms with Crippen LogP contribution in [0.3, 0.4) is 0 Å². The molecule has 0 aliphatic heterocycles. The molecule has 6 heteroatoms. The van der Waals surface area contributed by atoms with E-state index in [4.69, 9.17) is 9.47 Å². The number of hydrogen-bond donors (Lipinski definition) is 2. The molecule has 1 unspecified atom stereocenters. The van der Waals surface area contributed by atoms with E-state index in [2.05, 4.69) is 10.6 Å². The summed E-state index contributed by atoms with van der Waals surface area (Å²) in [5.41, 5.74) is 0.373. The molecule has 0 fully saturated rings. The minimum Gasteiger partial charge on any atom is -0.444 e. The number of benzene rings is 1. The second kappa shape index (κ2) is 8.38. The number of hydrogen-bond acceptors (Lipinski definition) is 4. The Morgan fingerprint density at radius 1 is 1.18 bits per heavy atom. The molecule has 0 radical (unpaired) electrons. The van der Waals surface area contributed by atoms with Gasteiger partial charge in [-0.15, -0.1) is 0 Å². The van der Waals surface area contributed by atoms with Gasteiger partial charge in [-0.25, -0.2) is 4.79 Å². The number of nitrogens with one attached hydrogen (secondary N) is 2. The first-order valence-corrected chi connectivity index (χ1v) is 7.14. The SMILES string of the molecule is CNC(=O)C(COCc1ccccc1)NC(=O)OC(C)(C)C. The summed E-state index contributed by atoms with van der Waals surface area (Å²) in [6.07, 6.45) is -0.649. The van der Waals surface area contributed by atoms with Gasteiger partial charge in [0.25, 0.3) is 0 Å². The Balaban J connectivity index is 2.50. The van der Waals surface area contributed by atoms with Crippen molar-refractivity contribution in [2.24, 2.45) is 0 Å². The predicted molar refractivity (Wildman–Crippen MR) is 83.3 cm³/mol. The molecule has 1 aromatic rings. The lowest BCUT2D eigenvalue weighted by atomic mass is 10.2. The third kappa shape index (κ3) is 7.08. The normalized spacial score (nSPS) is 12.4. The second-order valence-corrected chi connectivity index (χ2v) is 5.81. The number of rotatable bonds is 6. The second-order valence-electron chi connectivity index (χ2n) is 5.81. The van der Waals surface area contributed by atoms with Crippen LogP contribution in [0.25, 0.3) is 0 Å². The maximum Gasteiger partial charge on any atom is 0.408 e. The van der Waals surface area contributed by atoms with Crippen molar-refractivity contribution in [3.63, 3.8) is 0 Å². The first kappa shape index (κ1) is 18.0. The van der Waals surface area contributed by atoms with E-state index in [9.17, 15) is 9.59 Å². The van der Waals surface area contributed by atoms with Crippen molar-refractivity contribution in [1.82, 2.24) is 10.6 Å². The lowest BCUT2D eigenvalue weighted by molar-refractivity contribution is -0.124. The van der Waals surface area contributed by atoms with Gasteiger partial charge in [-0.1, -0.05) is 30.3 Å². The highest BCUT2D eigenvalue weighted by molar-refractivity contribution is 5.85. The third-order valence-electron chi connectivity index (χ3n) is 2.65. The van der Waals surface area contributed by atoms with E-state index in [-0.39, 0.29) is 12.5 Å². The molecule has 0 bridgehead atoms. The molecule has 1 aromatic carbocycles. The number of carbonyl (C=O) groups is 2. The summed E-state index contributed by atoms with van der Waals surface area (Å²) in [7, 11) is 1.50. The minimum absolute atomic E-state index is 0.0633. The van der Waals surface area contributed by atoms with Gasteiger partial charge in [0.2, 0.25) is 5.91 Å². The Hall–Kier alpha value is -2.08. The monoisotopic (exact) mass is 308 g/mol. The van der Waals surface area contributed by atoms with E-state index in [1.807, 2.05) is 30.3 Å². The molecule has 6 nitrogen and oxygen atoms in total. The van der Waals surface area contributed by atoms with Gasteiger partial charge in [0.15, 0.2) is 0 Å². The molecule has 0 saturated carbocycles. The topological polar surface area (TPSA) is 76.7 Å². The number of alkyl carbamates (subject to hydrolysis) is 1. The summed E-state index contributed by atoms with van der Waals surface area (Å²) in [5, 5.41) is 5.01. The zero-order valence-corrected chi connectivity index (χ0v) is 13.5. The summed E-state index contributed by atoms with van der Waals surface area (Å²) in [6, 6.07) is 8.79. The Morgan fingerprint density at radius 3 is 2.36 bits per heavy atom. The number of likely N-dealkylation sites (N-methyl/N-ethyl adjacent to an activating group) is 1. The molecule has 0 heterocycles. The highest BCUT2D eigenvalue weighted by Crippen LogP contribution is 2.07. The van der Waals surface area contributed by atoms with Crippen molar-refractivity contribution in [1.29, 1.82) is 0 Å². The van der Waals surface area contributed by atoms with E-state index in [0.29, 0.717) is 6.61 Å². The molecule has 0 aliphatic rings. The molecule has 0 spiro atoms. The van der Waals surface area contributed by atoms with Crippen LogP contribution in [-0.4, -0.2) is 37.3 Å². The van der Waals surface area contributed by atoms with Gasteiger partial charge in [0.05, 0.1) is 13.2 Å². The van der Waals surface area contributed by atoms with Crippen LogP contribution in [0.1, 0.15) is 26.3 Å². The van der Waals surface area contributed by atoms with E-state index in [1.165, 1.54) is 7.05 Å². The van der Waals surface area contributed by atoms with Crippen LogP contribution < -0.4 is 10.6 Å². The summed E-state index contributed by atoms with van der Waals surface area (Å²) in [6.45, 7) is 5.70. The highest BCUT2D eigenvalue weighted by atomic mass is 16.6. The maximum absolute atomic E-state index is 11.8. The van der Waals surface area contributed by atoms with Crippen LogP contribution in [0.15, 0.2) is 30.3 Å². The Morgan fingerprint density at radius 2 is 1.82 bits per heavy atom. The van der Waals surface area contributed by atoms with Gasteiger partial charge in [-0.05, 0) is 26.3 Å². The zero-order valence-electron chi connectivity index (χ0n) is 13.5. The first-order chi connectivity index (χ1) is 10.3. The fourth-order valence-electron chi connectivity index (χ4n) is 1.68. The predicted octanol–water partition coefficient (Wildman–Crippen LogP) is 1.84. The van der Waals surface area contributed by atoms with E-state index >= 15 is 0 Å². The van der Waals surface area contributed by atoms with Gasteiger partial charge in [0.1, 0.15) is 11.6 Å². The average Bonchev–Trinajstić information content (AvgIpc) is 2.44. The van der Waals surface area contributed by atoms with Crippen molar-refractivity contribution < 1.29 is 19.1 Å². The Labute approximate surface area is 131 Å². The molecule has 122 valence electrons. The lowest BCUT2D eigenvalue weighted by Crippen LogP contribution is -2.49. The van der Waals surface area contributed by atoms with Crippen molar-refractivity contribution in [3.8, 4) is 0 Å². The molecule has 1 rings (SSSR count). The van der Waals surface area contributed by atoms with Crippen LogP contribution in [0.2, 0.25) is 0 Å². The Bertz CT molecular complexity index is 483. The van der Waals surface area contributed by atoms with E-state index in [1.54, 1.807) is 20.8 Å². The maximum atomic E-state index is 11.8. The van der Waals surface area contributed by atoms with Gasteiger partial charge in [-0.3, -0.25) is 4.79 Å². The van der Waals surface area contributed by atoms with Crippen molar-refractivity contribution in [3.05, 3.63) is 35.9 Å². The Kier molecular flexibility index (Phi) is 6.85. The van der Waals surface area contributed by atoms with Gasteiger partial charge in [-0.2, -0.15) is 0 Å². The average molecular weight is 308 g/mol. The van der Waals surface area contributed by atoms with Crippen LogP contribution in [0.4, 0.5) is 4.79 Å². The molecule has 0 aromatic heterocycles.